The summed E-state index contributed by atoms with van der Waals surface area (Å²) in [7, 11) is 0. The van der Waals surface area contributed by atoms with E-state index >= 15 is 0 Å². The fourth-order valence-electron chi connectivity index (χ4n) is 3.73. The van der Waals surface area contributed by atoms with Gasteiger partial charge in [-0.25, -0.2) is 0 Å². The Kier molecular flexibility index (Phi) is 6.36. The zero-order chi connectivity index (χ0) is 19.2. The van der Waals surface area contributed by atoms with Crippen LogP contribution in [0.5, 0.6) is 0 Å². The molecule has 6 nitrogen and oxygen atoms in total. The van der Waals surface area contributed by atoms with Crippen LogP contribution in [0.3, 0.4) is 0 Å². The van der Waals surface area contributed by atoms with Gasteiger partial charge in [0, 0.05) is 5.69 Å². The zero-order valence-corrected chi connectivity index (χ0v) is 16.3. The predicted octanol–water partition coefficient (Wildman–Crippen LogP) is 3.82. The van der Waals surface area contributed by atoms with Crippen molar-refractivity contribution in [1.82, 2.24) is 9.47 Å². The lowest BCUT2D eigenvalue weighted by Crippen LogP contribution is -2.35. The Morgan fingerprint density at radius 3 is 2.56 bits per heavy atom. The number of hydrogen-bond donors (Lipinski definition) is 1. The van der Waals surface area contributed by atoms with Gasteiger partial charge in [-0.1, -0.05) is 19.3 Å². The molecule has 144 valence electrons. The van der Waals surface area contributed by atoms with Crippen molar-refractivity contribution in [2.45, 2.75) is 52.5 Å². The van der Waals surface area contributed by atoms with Gasteiger partial charge in [0.2, 0.25) is 5.91 Å². The molecule has 1 fully saturated rings. The van der Waals surface area contributed by atoms with Crippen molar-refractivity contribution >= 4 is 11.7 Å². The first-order chi connectivity index (χ1) is 13.1. The lowest BCUT2D eigenvalue weighted by atomic mass is 10.1. The van der Waals surface area contributed by atoms with Crippen molar-refractivity contribution in [2.24, 2.45) is 0 Å². The standard InChI is InChI=1S/C21H28N4O2/c1-16-17(2)25(14-18-9-8-12-27-18)21(19(16)13-22)23-20(26)15-24-10-6-4-3-5-7-11-24/h8-9,12H,3-7,10-11,14-15H2,1-2H3,(H,23,26). The summed E-state index contributed by atoms with van der Waals surface area (Å²) in [6.45, 7) is 6.66. The number of nitrogens with one attached hydrogen (secondary N) is 1. The minimum absolute atomic E-state index is 0.0646. The van der Waals surface area contributed by atoms with Crippen molar-refractivity contribution in [3.05, 3.63) is 41.0 Å². The number of likely N-dealkylation sites (tertiary alicyclic amines) is 1. The molecule has 0 spiro atoms. The second kappa shape index (κ2) is 8.92. The van der Waals surface area contributed by atoms with Gasteiger partial charge in [0.05, 0.1) is 24.9 Å². The monoisotopic (exact) mass is 368 g/mol. The number of amides is 1. The van der Waals surface area contributed by atoms with Crippen LogP contribution in [-0.4, -0.2) is 35.0 Å². The maximum atomic E-state index is 12.7. The second-order valence-electron chi connectivity index (χ2n) is 7.30. The number of carbonyl (C=O) groups is 1. The average Bonchev–Trinajstić information content (AvgIpc) is 3.20. The van der Waals surface area contributed by atoms with Crippen molar-refractivity contribution < 1.29 is 9.21 Å². The molecule has 1 aliphatic heterocycles. The normalized spacial score (nSPS) is 15.7. The summed E-state index contributed by atoms with van der Waals surface area (Å²) in [6.07, 6.45) is 7.69. The van der Waals surface area contributed by atoms with Gasteiger partial charge in [0.15, 0.2) is 0 Å². The molecule has 0 aromatic carbocycles. The fraction of sp³-hybridized carbons (Fsp3) is 0.524. The van der Waals surface area contributed by atoms with Gasteiger partial charge >= 0.3 is 0 Å². The Morgan fingerprint density at radius 1 is 1.22 bits per heavy atom. The molecule has 3 rings (SSSR count). The average molecular weight is 368 g/mol. The highest BCUT2D eigenvalue weighted by Crippen LogP contribution is 2.27. The van der Waals surface area contributed by atoms with Crippen LogP contribution in [0, 0.1) is 25.2 Å². The van der Waals surface area contributed by atoms with Crippen molar-refractivity contribution in [2.75, 3.05) is 25.0 Å². The Balaban J connectivity index is 1.77. The number of nitrogens with zero attached hydrogens (tertiary/aromatic N) is 3. The highest BCUT2D eigenvalue weighted by Gasteiger charge is 2.21. The summed E-state index contributed by atoms with van der Waals surface area (Å²) < 4.78 is 7.41. The van der Waals surface area contributed by atoms with E-state index in [4.69, 9.17) is 4.42 Å². The number of furan rings is 1. The first-order valence-electron chi connectivity index (χ1n) is 9.74. The van der Waals surface area contributed by atoms with Gasteiger partial charge in [-0.3, -0.25) is 9.69 Å². The van der Waals surface area contributed by atoms with E-state index in [-0.39, 0.29) is 5.91 Å². The number of carbonyl (C=O) groups excluding carboxylic acids is 1. The minimum Gasteiger partial charge on any atom is -0.467 e. The van der Waals surface area contributed by atoms with Gasteiger partial charge in [0.1, 0.15) is 17.6 Å². The van der Waals surface area contributed by atoms with Crippen molar-refractivity contribution in [1.29, 1.82) is 5.26 Å². The number of anilines is 1. The van der Waals surface area contributed by atoms with E-state index in [0.717, 1.165) is 42.9 Å². The molecule has 3 heterocycles. The van der Waals surface area contributed by atoms with Crippen LogP contribution in [-0.2, 0) is 11.3 Å². The van der Waals surface area contributed by atoms with Crippen LogP contribution in [0.2, 0.25) is 0 Å². The Morgan fingerprint density at radius 2 is 1.93 bits per heavy atom. The molecule has 1 N–H and O–H groups in total. The predicted molar refractivity (Wildman–Crippen MR) is 105 cm³/mol. The van der Waals surface area contributed by atoms with Crippen molar-refractivity contribution in [3.8, 4) is 6.07 Å². The highest BCUT2D eigenvalue weighted by molar-refractivity contribution is 5.93. The van der Waals surface area contributed by atoms with E-state index in [1.165, 1.54) is 19.3 Å². The number of nitriles is 1. The SMILES string of the molecule is Cc1c(C#N)c(NC(=O)CN2CCCCCCC2)n(Cc2ccco2)c1C. The molecule has 2 aromatic rings. The van der Waals surface area contributed by atoms with E-state index < -0.39 is 0 Å². The Labute approximate surface area is 160 Å². The molecule has 0 unspecified atom stereocenters. The molecule has 1 amide bonds. The van der Waals surface area contributed by atoms with Gasteiger partial charge in [0.25, 0.3) is 0 Å². The first kappa shape index (κ1) is 19.2. The van der Waals surface area contributed by atoms with Crippen LogP contribution in [0.25, 0.3) is 0 Å². The van der Waals surface area contributed by atoms with Crippen LogP contribution < -0.4 is 5.32 Å². The summed E-state index contributed by atoms with van der Waals surface area (Å²) in [4.78, 5) is 14.9. The molecule has 0 saturated carbocycles. The summed E-state index contributed by atoms with van der Waals surface area (Å²) in [5, 5.41) is 12.6. The summed E-state index contributed by atoms with van der Waals surface area (Å²) in [6, 6.07) is 5.99. The van der Waals surface area contributed by atoms with Gasteiger partial charge in [-0.15, -0.1) is 0 Å². The molecular formula is C21H28N4O2. The van der Waals surface area contributed by atoms with Crippen LogP contribution in [0.1, 0.15) is 54.7 Å². The van der Waals surface area contributed by atoms with E-state index in [1.807, 2.05) is 30.5 Å². The molecule has 1 aliphatic rings. The van der Waals surface area contributed by atoms with Crippen LogP contribution in [0.4, 0.5) is 5.82 Å². The maximum absolute atomic E-state index is 12.7. The molecule has 6 heteroatoms. The second-order valence-corrected chi connectivity index (χ2v) is 7.30. The van der Waals surface area contributed by atoms with E-state index in [9.17, 15) is 10.1 Å². The third-order valence-corrected chi connectivity index (χ3v) is 5.41. The minimum atomic E-state index is -0.0646. The Bertz CT molecular complexity index is 806. The summed E-state index contributed by atoms with van der Waals surface area (Å²) in [5.41, 5.74) is 2.38. The molecule has 0 aliphatic carbocycles. The lowest BCUT2D eigenvalue weighted by molar-refractivity contribution is -0.117. The summed E-state index contributed by atoms with van der Waals surface area (Å²) in [5.74, 6) is 1.29. The number of aromatic nitrogens is 1. The third-order valence-electron chi connectivity index (χ3n) is 5.41. The van der Waals surface area contributed by atoms with E-state index in [0.29, 0.717) is 24.5 Å². The van der Waals surface area contributed by atoms with E-state index in [2.05, 4.69) is 16.3 Å². The first-order valence-corrected chi connectivity index (χ1v) is 9.74. The maximum Gasteiger partial charge on any atom is 0.239 e. The molecule has 0 atom stereocenters. The van der Waals surface area contributed by atoms with Crippen LogP contribution in [0.15, 0.2) is 22.8 Å². The lowest BCUT2D eigenvalue weighted by Gasteiger charge is -2.24. The van der Waals surface area contributed by atoms with Crippen LogP contribution >= 0.6 is 0 Å². The molecule has 1 saturated heterocycles. The van der Waals surface area contributed by atoms with Crippen molar-refractivity contribution in [3.63, 3.8) is 0 Å². The molecule has 0 bridgehead atoms. The third kappa shape index (κ3) is 4.61. The Hall–Kier alpha value is -2.52. The van der Waals surface area contributed by atoms with Gasteiger partial charge < -0.3 is 14.3 Å². The zero-order valence-electron chi connectivity index (χ0n) is 16.3. The molecule has 0 radical (unpaired) electrons. The van der Waals surface area contributed by atoms with E-state index in [1.54, 1.807) is 6.26 Å². The summed E-state index contributed by atoms with van der Waals surface area (Å²) >= 11 is 0. The number of hydrogen-bond acceptors (Lipinski definition) is 4. The molecule has 27 heavy (non-hydrogen) atoms. The quantitative estimate of drug-likeness (QED) is 0.870. The largest absolute Gasteiger partial charge is 0.467 e. The smallest absolute Gasteiger partial charge is 0.239 e. The molecular weight excluding hydrogens is 340 g/mol. The number of rotatable bonds is 5. The van der Waals surface area contributed by atoms with Gasteiger partial charge in [-0.2, -0.15) is 5.26 Å². The van der Waals surface area contributed by atoms with Gasteiger partial charge in [-0.05, 0) is 57.5 Å². The highest BCUT2D eigenvalue weighted by atomic mass is 16.3. The topological polar surface area (TPSA) is 74.2 Å². The molecule has 2 aromatic heterocycles. The fourth-order valence-corrected chi connectivity index (χ4v) is 3.73.